The zero-order chi connectivity index (χ0) is 18.2. The predicted molar refractivity (Wildman–Crippen MR) is 104 cm³/mol. The van der Waals surface area contributed by atoms with Crippen molar-refractivity contribution in [3.8, 4) is 11.5 Å². The van der Waals surface area contributed by atoms with Gasteiger partial charge in [-0.25, -0.2) is 4.79 Å². The first-order chi connectivity index (χ1) is 13.3. The number of piperazine rings is 1. The maximum absolute atomic E-state index is 12.7. The first kappa shape index (κ1) is 15.9. The molecule has 3 heterocycles. The molecule has 138 valence electrons. The number of hydrogen-bond donors (Lipinski definition) is 2. The summed E-state index contributed by atoms with van der Waals surface area (Å²) < 4.78 is 10.8. The van der Waals surface area contributed by atoms with E-state index >= 15 is 0 Å². The summed E-state index contributed by atoms with van der Waals surface area (Å²) in [5, 5.41) is 4.04. The van der Waals surface area contributed by atoms with Crippen LogP contribution >= 0.6 is 0 Å². The van der Waals surface area contributed by atoms with E-state index in [9.17, 15) is 4.79 Å². The van der Waals surface area contributed by atoms with Gasteiger partial charge in [0.15, 0.2) is 11.5 Å². The average molecular weight is 364 g/mol. The lowest BCUT2D eigenvalue weighted by Crippen LogP contribution is -2.50. The zero-order valence-electron chi connectivity index (χ0n) is 14.8. The smallest absolute Gasteiger partial charge is 0.322 e. The summed E-state index contributed by atoms with van der Waals surface area (Å²) in [6.45, 7) is 3.17. The van der Waals surface area contributed by atoms with Crippen LogP contribution in [0.2, 0.25) is 0 Å². The predicted octanol–water partition coefficient (Wildman–Crippen LogP) is 3.25. The van der Waals surface area contributed by atoms with Crippen LogP contribution in [0, 0.1) is 0 Å². The van der Waals surface area contributed by atoms with Crippen molar-refractivity contribution in [2.45, 2.75) is 0 Å². The minimum absolute atomic E-state index is 0.0647. The molecule has 1 fully saturated rings. The molecule has 7 nitrogen and oxygen atoms in total. The van der Waals surface area contributed by atoms with Crippen LogP contribution < -0.4 is 19.7 Å². The van der Waals surface area contributed by atoms with Crippen molar-refractivity contribution in [2.75, 3.05) is 43.2 Å². The standard InChI is InChI=1S/C20H20N4O3/c25-20(22-17-12-21-16-4-2-1-3-15(16)17)24-9-7-23(8-10-24)14-5-6-18-19(11-14)27-13-26-18/h1-6,11-12,21H,7-10,13H2,(H,22,25). The van der Waals surface area contributed by atoms with Crippen LogP contribution in [-0.4, -0.2) is 48.9 Å². The van der Waals surface area contributed by atoms with E-state index in [-0.39, 0.29) is 12.8 Å². The molecule has 27 heavy (non-hydrogen) atoms. The highest BCUT2D eigenvalue weighted by Gasteiger charge is 2.23. The number of carbonyl (C=O) groups is 1. The lowest BCUT2D eigenvalue weighted by molar-refractivity contribution is 0.174. The maximum atomic E-state index is 12.7. The lowest BCUT2D eigenvalue weighted by Gasteiger charge is -2.36. The Morgan fingerprint density at radius 3 is 2.70 bits per heavy atom. The first-order valence-corrected chi connectivity index (χ1v) is 9.04. The molecule has 0 spiro atoms. The largest absolute Gasteiger partial charge is 0.454 e. The lowest BCUT2D eigenvalue weighted by atomic mass is 10.2. The molecule has 2 aliphatic heterocycles. The number of aromatic amines is 1. The van der Waals surface area contributed by atoms with Crippen LogP contribution in [0.3, 0.4) is 0 Å². The number of nitrogens with zero attached hydrogens (tertiary/aromatic N) is 2. The molecule has 0 aliphatic carbocycles. The fraction of sp³-hybridized carbons (Fsp3) is 0.250. The molecular formula is C20H20N4O3. The number of benzene rings is 2. The maximum Gasteiger partial charge on any atom is 0.322 e. The first-order valence-electron chi connectivity index (χ1n) is 9.04. The Morgan fingerprint density at radius 1 is 1.00 bits per heavy atom. The number of amides is 2. The number of urea groups is 1. The van der Waals surface area contributed by atoms with E-state index in [1.807, 2.05) is 53.6 Å². The highest BCUT2D eigenvalue weighted by atomic mass is 16.7. The summed E-state index contributed by atoms with van der Waals surface area (Å²) in [6.07, 6.45) is 1.84. The second-order valence-electron chi connectivity index (χ2n) is 6.69. The second kappa shape index (κ2) is 6.42. The quantitative estimate of drug-likeness (QED) is 0.732. The van der Waals surface area contributed by atoms with Crippen molar-refractivity contribution in [1.82, 2.24) is 9.88 Å². The third-order valence-corrected chi connectivity index (χ3v) is 5.12. The molecule has 5 rings (SSSR count). The molecule has 2 amide bonds. The Hall–Kier alpha value is -3.35. The Kier molecular flexibility index (Phi) is 3.78. The molecule has 0 radical (unpaired) electrons. The third-order valence-electron chi connectivity index (χ3n) is 5.12. The number of H-pyrrole nitrogens is 1. The van der Waals surface area contributed by atoms with Crippen molar-refractivity contribution in [3.63, 3.8) is 0 Å². The molecule has 1 aromatic heterocycles. The van der Waals surface area contributed by atoms with Crippen LogP contribution in [-0.2, 0) is 0 Å². The molecule has 0 bridgehead atoms. The number of hydrogen-bond acceptors (Lipinski definition) is 4. The highest BCUT2D eigenvalue weighted by Crippen LogP contribution is 2.35. The average Bonchev–Trinajstić information content (AvgIpc) is 3.35. The Labute approximate surface area is 156 Å². The van der Waals surface area contributed by atoms with Crippen molar-refractivity contribution in [2.24, 2.45) is 0 Å². The highest BCUT2D eigenvalue weighted by molar-refractivity contribution is 6.01. The molecule has 0 unspecified atom stereocenters. The summed E-state index contributed by atoms with van der Waals surface area (Å²) in [6, 6.07) is 13.8. The summed E-state index contributed by atoms with van der Waals surface area (Å²) in [5.41, 5.74) is 2.92. The number of anilines is 2. The van der Waals surface area contributed by atoms with Gasteiger partial charge in [-0.1, -0.05) is 18.2 Å². The van der Waals surface area contributed by atoms with Gasteiger partial charge in [0.25, 0.3) is 0 Å². The third kappa shape index (κ3) is 2.91. The van der Waals surface area contributed by atoms with Gasteiger partial charge in [-0.3, -0.25) is 0 Å². The molecule has 7 heteroatoms. The van der Waals surface area contributed by atoms with E-state index < -0.39 is 0 Å². The van der Waals surface area contributed by atoms with Crippen LogP contribution in [0.4, 0.5) is 16.2 Å². The van der Waals surface area contributed by atoms with Crippen molar-refractivity contribution in [1.29, 1.82) is 0 Å². The summed E-state index contributed by atoms with van der Waals surface area (Å²) in [7, 11) is 0. The van der Waals surface area contributed by atoms with Gasteiger partial charge >= 0.3 is 6.03 Å². The SMILES string of the molecule is O=C(Nc1c[nH]c2ccccc12)N1CCN(c2ccc3c(c2)OCO3)CC1. The number of para-hydroxylation sites is 1. The van der Waals surface area contributed by atoms with Gasteiger partial charge in [-0.05, 0) is 18.2 Å². The van der Waals surface area contributed by atoms with E-state index in [1.165, 1.54) is 0 Å². The van der Waals surface area contributed by atoms with Gasteiger partial charge < -0.3 is 29.6 Å². The fourth-order valence-electron chi connectivity index (χ4n) is 3.62. The Morgan fingerprint density at radius 2 is 1.81 bits per heavy atom. The molecule has 2 aliphatic rings. The number of fused-ring (bicyclic) bond motifs is 2. The van der Waals surface area contributed by atoms with E-state index in [0.29, 0.717) is 13.1 Å². The zero-order valence-corrected chi connectivity index (χ0v) is 14.8. The monoisotopic (exact) mass is 364 g/mol. The molecule has 0 atom stereocenters. The minimum Gasteiger partial charge on any atom is -0.454 e. The molecule has 0 saturated carbocycles. The van der Waals surface area contributed by atoms with E-state index in [4.69, 9.17) is 9.47 Å². The molecular weight excluding hydrogens is 344 g/mol. The van der Waals surface area contributed by atoms with Crippen LogP contribution in [0.1, 0.15) is 0 Å². The van der Waals surface area contributed by atoms with E-state index in [2.05, 4.69) is 15.2 Å². The topological polar surface area (TPSA) is 69.8 Å². The number of ether oxygens (including phenoxy) is 2. The molecule has 3 aromatic rings. The molecule has 1 saturated heterocycles. The molecule has 2 N–H and O–H groups in total. The van der Waals surface area contributed by atoms with E-state index in [1.54, 1.807) is 0 Å². The van der Waals surface area contributed by atoms with Crippen LogP contribution in [0.5, 0.6) is 11.5 Å². The summed E-state index contributed by atoms with van der Waals surface area (Å²) in [5.74, 6) is 1.57. The van der Waals surface area contributed by atoms with Gasteiger partial charge in [0.2, 0.25) is 6.79 Å². The van der Waals surface area contributed by atoms with Gasteiger partial charge in [0, 0.05) is 55.0 Å². The fourth-order valence-corrected chi connectivity index (χ4v) is 3.62. The van der Waals surface area contributed by atoms with E-state index in [0.717, 1.165) is 46.9 Å². The summed E-state index contributed by atoms with van der Waals surface area (Å²) >= 11 is 0. The van der Waals surface area contributed by atoms with Crippen molar-refractivity contribution < 1.29 is 14.3 Å². The normalized spacial score (nSPS) is 16.0. The second-order valence-corrected chi connectivity index (χ2v) is 6.69. The summed E-state index contributed by atoms with van der Waals surface area (Å²) in [4.78, 5) is 19.9. The van der Waals surface area contributed by atoms with Gasteiger partial charge in [-0.2, -0.15) is 0 Å². The Bertz CT molecular complexity index is 992. The van der Waals surface area contributed by atoms with Crippen LogP contribution in [0.25, 0.3) is 10.9 Å². The van der Waals surface area contributed by atoms with Gasteiger partial charge in [0.1, 0.15) is 0 Å². The number of nitrogens with one attached hydrogen (secondary N) is 2. The number of carbonyl (C=O) groups excluding carboxylic acids is 1. The number of aromatic nitrogens is 1. The van der Waals surface area contributed by atoms with Crippen LogP contribution in [0.15, 0.2) is 48.7 Å². The van der Waals surface area contributed by atoms with Gasteiger partial charge in [-0.15, -0.1) is 0 Å². The van der Waals surface area contributed by atoms with Gasteiger partial charge in [0.05, 0.1) is 5.69 Å². The number of rotatable bonds is 2. The molecule has 2 aromatic carbocycles. The van der Waals surface area contributed by atoms with Crippen molar-refractivity contribution in [3.05, 3.63) is 48.7 Å². The minimum atomic E-state index is -0.0647. The van der Waals surface area contributed by atoms with Crippen molar-refractivity contribution >= 4 is 28.3 Å². The Balaban J connectivity index is 1.23.